The second-order valence-electron chi connectivity index (χ2n) is 4.96. The molecule has 2 heterocycles. The van der Waals surface area contributed by atoms with Crippen LogP contribution in [0.25, 0.3) is 0 Å². The summed E-state index contributed by atoms with van der Waals surface area (Å²) < 4.78 is 1.39. The van der Waals surface area contributed by atoms with Crippen LogP contribution in [0, 0.1) is 11.8 Å². The zero-order chi connectivity index (χ0) is 14.2. The molecule has 0 saturated carbocycles. The minimum Gasteiger partial charge on any atom is -0.481 e. The molecule has 0 bridgehead atoms. The molecule has 6 heteroatoms. The van der Waals surface area contributed by atoms with Crippen LogP contribution >= 0.6 is 0 Å². The number of rotatable bonds is 3. The predicted molar refractivity (Wildman–Crippen MR) is 67.9 cm³/mol. The zero-order valence-corrected chi connectivity index (χ0v) is 10.9. The van der Waals surface area contributed by atoms with Crippen molar-refractivity contribution < 1.29 is 14.7 Å². The van der Waals surface area contributed by atoms with E-state index < -0.39 is 11.9 Å². The molecule has 0 radical (unpaired) electrons. The van der Waals surface area contributed by atoms with Crippen LogP contribution in [0.15, 0.2) is 23.1 Å². The average molecular weight is 264 g/mol. The molecule has 1 aromatic rings. The van der Waals surface area contributed by atoms with Gasteiger partial charge in [-0.2, -0.15) is 0 Å². The fourth-order valence-electron chi connectivity index (χ4n) is 2.06. The molecule has 102 valence electrons. The minimum atomic E-state index is -0.842. The standard InChI is InChI=1S/C13H16N2O4/c1-8(13(18)19)10-6-15(7-10)12(17)9-3-4-14(2)11(16)5-9/h3-5,8,10H,6-7H2,1-2H3,(H,18,19). The van der Waals surface area contributed by atoms with Gasteiger partial charge in [0.2, 0.25) is 0 Å². The number of likely N-dealkylation sites (tertiary alicyclic amines) is 1. The van der Waals surface area contributed by atoms with E-state index in [9.17, 15) is 14.4 Å². The Morgan fingerprint density at radius 2 is 2.05 bits per heavy atom. The van der Waals surface area contributed by atoms with Crippen molar-refractivity contribution in [3.63, 3.8) is 0 Å². The SMILES string of the molecule is CC(C(=O)O)C1CN(C(=O)c2ccn(C)c(=O)c2)C1. The number of aliphatic carboxylic acids is 1. The van der Waals surface area contributed by atoms with Crippen molar-refractivity contribution in [2.75, 3.05) is 13.1 Å². The van der Waals surface area contributed by atoms with Gasteiger partial charge in [0.15, 0.2) is 0 Å². The van der Waals surface area contributed by atoms with Crippen LogP contribution in [0.4, 0.5) is 0 Å². The number of carboxylic acids is 1. The first kappa shape index (κ1) is 13.3. The number of hydrogen-bond acceptors (Lipinski definition) is 3. The molecule has 0 aromatic carbocycles. The highest BCUT2D eigenvalue weighted by Crippen LogP contribution is 2.25. The lowest BCUT2D eigenvalue weighted by Gasteiger charge is -2.41. The lowest BCUT2D eigenvalue weighted by molar-refractivity contribution is -0.144. The smallest absolute Gasteiger partial charge is 0.306 e. The summed E-state index contributed by atoms with van der Waals surface area (Å²) in [7, 11) is 1.62. The van der Waals surface area contributed by atoms with Gasteiger partial charge in [0.05, 0.1) is 5.92 Å². The second-order valence-corrected chi connectivity index (χ2v) is 4.96. The predicted octanol–water partition coefficient (Wildman–Crippen LogP) is 0.178. The van der Waals surface area contributed by atoms with E-state index in [1.807, 2.05) is 0 Å². The number of carboxylic acid groups (broad SMARTS) is 1. The molecular formula is C13H16N2O4. The molecular weight excluding hydrogens is 248 g/mol. The highest BCUT2D eigenvalue weighted by atomic mass is 16.4. The molecule has 0 spiro atoms. The maximum absolute atomic E-state index is 12.1. The molecule has 1 atom stereocenters. The van der Waals surface area contributed by atoms with Crippen LogP contribution in [0.3, 0.4) is 0 Å². The highest BCUT2D eigenvalue weighted by molar-refractivity contribution is 5.94. The van der Waals surface area contributed by atoms with E-state index in [1.54, 1.807) is 31.1 Å². The lowest BCUT2D eigenvalue weighted by Crippen LogP contribution is -2.53. The third kappa shape index (κ3) is 2.52. The van der Waals surface area contributed by atoms with Crippen molar-refractivity contribution in [2.24, 2.45) is 18.9 Å². The number of aryl methyl sites for hydroxylation is 1. The third-order valence-corrected chi connectivity index (χ3v) is 3.64. The maximum atomic E-state index is 12.1. The second kappa shape index (κ2) is 4.87. The molecule has 1 N–H and O–H groups in total. The lowest BCUT2D eigenvalue weighted by atomic mass is 9.86. The Bertz CT molecular complexity index is 572. The summed E-state index contributed by atoms with van der Waals surface area (Å²) in [6, 6.07) is 2.90. The van der Waals surface area contributed by atoms with Gasteiger partial charge in [0.25, 0.3) is 11.5 Å². The van der Waals surface area contributed by atoms with Crippen molar-refractivity contribution in [1.29, 1.82) is 0 Å². The van der Waals surface area contributed by atoms with E-state index in [0.29, 0.717) is 18.7 Å². The van der Waals surface area contributed by atoms with Crippen LogP contribution in [-0.2, 0) is 11.8 Å². The quantitative estimate of drug-likeness (QED) is 0.844. The van der Waals surface area contributed by atoms with E-state index in [-0.39, 0.29) is 17.4 Å². The first-order chi connectivity index (χ1) is 8.90. The fraction of sp³-hybridized carbons (Fsp3) is 0.462. The molecule has 1 fully saturated rings. The Morgan fingerprint density at radius 3 is 2.58 bits per heavy atom. The topological polar surface area (TPSA) is 79.6 Å². The Hall–Kier alpha value is -2.11. The molecule has 6 nitrogen and oxygen atoms in total. The van der Waals surface area contributed by atoms with Crippen LogP contribution in [0.2, 0.25) is 0 Å². The summed E-state index contributed by atoms with van der Waals surface area (Å²) in [5.41, 5.74) is 0.117. The number of pyridine rings is 1. The third-order valence-electron chi connectivity index (χ3n) is 3.64. The molecule has 0 aliphatic carbocycles. The van der Waals surface area contributed by atoms with Crippen LogP contribution in [0.1, 0.15) is 17.3 Å². The maximum Gasteiger partial charge on any atom is 0.306 e. The van der Waals surface area contributed by atoms with Crippen molar-refractivity contribution in [1.82, 2.24) is 9.47 Å². The fourth-order valence-corrected chi connectivity index (χ4v) is 2.06. The first-order valence-corrected chi connectivity index (χ1v) is 6.09. The van der Waals surface area contributed by atoms with E-state index in [0.717, 1.165) is 0 Å². The van der Waals surface area contributed by atoms with E-state index in [2.05, 4.69) is 0 Å². The number of amides is 1. The van der Waals surface area contributed by atoms with Gasteiger partial charge in [-0.15, -0.1) is 0 Å². The van der Waals surface area contributed by atoms with Crippen molar-refractivity contribution in [3.8, 4) is 0 Å². The summed E-state index contributed by atoms with van der Waals surface area (Å²) in [6.07, 6.45) is 1.55. The minimum absolute atomic E-state index is 0.00649. The Balaban J connectivity index is 2.02. The van der Waals surface area contributed by atoms with Crippen molar-refractivity contribution in [2.45, 2.75) is 6.92 Å². The molecule has 1 aliphatic heterocycles. The van der Waals surface area contributed by atoms with Crippen LogP contribution in [-0.4, -0.2) is 39.5 Å². The summed E-state index contributed by atoms with van der Waals surface area (Å²) in [4.78, 5) is 35.9. The van der Waals surface area contributed by atoms with Gasteiger partial charge in [0.1, 0.15) is 0 Å². The molecule has 2 rings (SSSR count). The molecule has 1 amide bonds. The molecule has 1 aromatic heterocycles. The largest absolute Gasteiger partial charge is 0.481 e. The summed E-state index contributed by atoms with van der Waals surface area (Å²) >= 11 is 0. The highest BCUT2D eigenvalue weighted by Gasteiger charge is 2.37. The number of nitrogens with zero attached hydrogens (tertiary/aromatic N) is 2. The van der Waals surface area contributed by atoms with Gasteiger partial charge in [-0.3, -0.25) is 14.4 Å². The van der Waals surface area contributed by atoms with Crippen LogP contribution < -0.4 is 5.56 Å². The molecule has 1 saturated heterocycles. The average Bonchev–Trinajstić information content (AvgIpc) is 2.30. The molecule has 1 unspecified atom stereocenters. The Kier molecular flexibility index (Phi) is 3.42. The van der Waals surface area contributed by atoms with E-state index >= 15 is 0 Å². The summed E-state index contributed by atoms with van der Waals surface area (Å²) in [5.74, 6) is -1.52. The van der Waals surface area contributed by atoms with E-state index in [4.69, 9.17) is 5.11 Å². The zero-order valence-electron chi connectivity index (χ0n) is 10.9. The number of carbonyl (C=O) groups is 2. The normalized spacial score (nSPS) is 16.8. The summed E-state index contributed by atoms with van der Waals surface area (Å²) in [6.45, 7) is 2.51. The van der Waals surface area contributed by atoms with Gasteiger partial charge >= 0.3 is 5.97 Å². The van der Waals surface area contributed by atoms with Crippen LogP contribution in [0.5, 0.6) is 0 Å². The number of aromatic nitrogens is 1. The van der Waals surface area contributed by atoms with Gasteiger partial charge in [-0.1, -0.05) is 6.92 Å². The van der Waals surface area contributed by atoms with Gasteiger partial charge in [-0.05, 0) is 6.07 Å². The van der Waals surface area contributed by atoms with Gasteiger partial charge in [-0.25, -0.2) is 0 Å². The molecule has 19 heavy (non-hydrogen) atoms. The number of carbonyl (C=O) groups excluding carboxylic acids is 1. The van der Waals surface area contributed by atoms with E-state index in [1.165, 1.54) is 10.6 Å². The Morgan fingerprint density at radius 1 is 1.42 bits per heavy atom. The monoisotopic (exact) mass is 264 g/mol. The van der Waals surface area contributed by atoms with Gasteiger partial charge in [0, 0.05) is 43.9 Å². The van der Waals surface area contributed by atoms with Gasteiger partial charge < -0.3 is 14.6 Å². The summed E-state index contributed by atoms with van der Waals surface area (Å²) in [5, 5.41) is 8.88. The van der Waals surface area contributed by atoms with Crippen molar-refractivity contribution >= 4 is 11.9 Å². The number of hydrogen-bond donors (Lipinski definition) is 1. The molecule has 1 aliphatic rings. The Labute approximate surface area is 110 Å². The van der Waals surface area contributed by atoms with Crippen molar-refractivity contribution in [3.05, 3.63) is 34.2 Å². The first-order valence-electron chi connectivity index (χ1n) is 6.09.